The Hall–Kier alpha value is -1.98. The summed E-state index contributed by atoms with van der Waals surface area (Å²) in [4.78, 5) is 15.4. The molecule has 108 valence electrons. The summed E-state index contributed by atoms with van der Waals surface area (Å²) in [6.45, 7) is 0. The van der Waals surface area contributed by atoms with Crippen LogP contribution in [0.1, 0.15) is 31.4 Å². The number of aromatic nitrogens is 1. The lowest BCUT2D eigenvalue weighted by atomic mass is 9.79. The van der Waals surface area contributed by atoms with Crippen LogP contribution in [0.25, 0.3) is 0 Å². The Morgan fingerprint density at radius 2 is 2.05 bits per heavy atom. The van der Waals surface area contributed by atoms with Gasteiger partial charge in [0.2, 0.25) is 0 Å². The lowest BCUT2D eigenvalue weighted by Gasteiger charge is -2.27. The molecule has 1 fully saturated rings. The van der Waals surface area contributed by atoms with Crippen LogP contribution in [-0.2, 0) is 9.53 Å². The van der Waals surface area contributed by atoms with E-state index in [9.17, 15) is 9.18 Å². The van der Waals surface area contributed by atoms with Gasteiger partial charge in [-0.05, 0) is 37.8 Å². The van der Waals surface area contributed by atoms with Crippen LogP contribution in [-0.4, -0.2) is 29.0 Å². The van der Waals surface area contributed by atoms with Gasteiger partial charge in [-0.25, -0.2) is 4.39 Å². The quantitative estimate of drug-likeness (QED) is 0.399. The van der Waals surface area contributed by atoms with Crippen molar-refractivity contribution >= 4 is 11.7 Å². The van der Waals surface area contributed by atoms with Crippen molar-refractivity contribution < 1.29 is 19.1 Å². The minimum atomic E-state index is -0.504. The van der Waals surface area contributed by atoms with Crippen LogP contribution >= 0.6 is 0 Å². The van der Waals surface area contributed by atoms with Crippen LogP contribution < -0.4 is 0 Å². The van der Waals surface area contributed by atoms with Gasteiger partial charge in [0.15, 0.2) is 5.82 Å². The van der Waals surface area contributed by atoms with Crippen molar-refractivity contribution in [3.05, 3.63) is 29.8 Å². The second-order valence-corrected chi connectivity index (χ2v) is 4.89. The first-order valence-corrected chi connectivity index (χ1v) is 6.58. The van der Waals surface area contributed by atoms with Crippen LogP contribution in [0.4, 0.5) is 4.39 Å². The second-order valence-electron chi connectivity index (χ2n) is 4.89. The second kappa shape index (κ2) is 6.45. The van der Waals surface area contributed by atoms with Crippen molar-refractivity contribution in [3.8, 4) is 0 Å². The fourth-order valence-corrected chi connectivity index (χ4v) is 2.67. The van der Waals surface area contributed by atoms with Crippen molar-refractivity contribution in [2.75, 3.05) is 7.11 Å². The van der Waals surface area contributed by atoms with Crippen LogP contribution in [0.5, 0.6) is 0 Å². The van der Waals surface area contributed by atoms with Gasteiger partial charge in [0, 0.05) is 12.1 Å². The number of oxime groups is 1. The summed E-state index contributed by atoms with van der Waals surface area (Å²) in [6, 6.07) is 2.77. The standard InChI is InChI=1S/C14H17FN2O3/c1-20-14(18)10-6-4-9(5-7-10)12(17-19)13-11(15)3-2-8-16-13/h2-3,8-10,19H,4-7H2,1H3/b17-12+. The number of methoxy groups -OCH3 is 1. The first kappa shape index (κ1) is 14.4. The molecule has 1 aliphatic carbocycles. The maximum atomic E-state index is 13.7. The third-order valence-electron chi connectivity index (χ3n) is 3.76. The summed E-state index contributed by atoms with van der Waals surface area (Å²) in [5, 5.41) is 12.4. The number of esters is 1. The van der Waals surface area contributed by atoms with Gasteiger partial charge in [0.1, 0.15) is 11.4 Å². The van der Waals surface area contributed by atoms with Crippen molar-refractivity contribution in [2.45, 2.75) is 25.7 Å². The topological polar surface area (TPSA) is 71.8 Å². The fourth-order valence-electron chi connectivity index (χ4n) is 2.67. The molecule has 1 heterocycles. The lowest BCUT2D eigenvalue weighted by Crippen LogP contribution is -2.28. The minimum Gasteiger partial charge on any atom is -0.469 e. The number of ether oxygens (including phenoxy) is 1. The summed E-state index contributed by atoms with van der Waals surface area (Å²) in [5.74, 6) is -0.930. The van der Waals surface area contributed by atoms with Crippen molar-refractivity contribution in [3.63, 3.8) is 0 Å². The van der Waals surface area contributed by atoms with Crippen molar-refractivity contribution in [2.24, 2.45) is 17.0 Å². The van der Waals surface area contributed by atoms with E-state index in [0.29, 0.717) is 25.7 Å². The number of carbonyl (C=O) groups is 1. The predicted molar refractivity (Wildman–Crippen MR) is 70.0 cm³/mol. The lowest BCUT2D eigenvalue weighted by molar-refractivity contribution is -0.146. The molecule has 6 heteroatoms. The van der Waals surface area contributed by atoms with E-state index in [2.05, 4.69) is 10.1 Å². The van der Waals surface area contributed by atoms with Crippen molar-refractivity contribution in [1.82, 2.24) is 4.98 Å². The molecule has 1 aromatic rings. The number of halogens is 1. The average molecular weight is 280 g/mol. The summed E-state index contributed by atoms with van der Waals surface area (Å²) >= 11 is 0. The Morgan fingerprint density at radius 3 is 2.60 bits per heavy atom. The summed E-state index contributed by atoms with van der Waals surface area (Å²) in [6.07, 6.45) is 4.05. The summed E-state index contributed by atoms with van der Waals surface area (Å²) < 4.78 is 18.4. The van der Waals surface area contributed by atoms with E-state index in [1.54, 1.807) is 0 Å². The number of rotatable bonds is 3. The molecular formula is C14H17FN2O3. The molecule has 1 aromatic heterocycles. The molecule has 1 N–H and O–H groups in total. The normalized spacial score (nSPS) is 23.4. The Kier molecular flexibility index (Phi) is 4.65. The minimum absolute atomic E-state index is 0.0801. The molecule has 0 bridgehead atoms. The molecule has 0 aliphatic heterocycles. The molecule has 0 aromatic carbocycles. The van der Waals surface area contributed by atoms with Gasteiger partial charge in [-0.15, -0.1) is 0 Å². The van der Waals surface area contributed by atoms with E-state index in [-0.39, 0.29) is 29.2 Å². The first-order chi connectivity index (χ1) is 9.67. The molecule has 2 rings (SSSR count). The first-order valence-electron chi connectivity index (χ1n) is 6.58. The summed E-state index contributed by atoms with van der Waals surface area (Å²) in [5.41, 5.74) is 0.336. The average Bonchev–Trinajstić information content (AvgIpc) is 2.50. The van der Waals surface area contributed by atoms with Crippen molar-refractivity contribution in [1.29, 1.82) is 0 Å². The van der Waals surface area contributed by atoms with Gasteiger partial charge in [-0.1, -0.05) is 5.16 Å². The van der Waals surface area contributed by atoms with Gasteiger partial charge in [0.05, 0.1) is 13.0 Å². The zero-order valence-electron chi connectivity index (χ0n) is 11.3. The molecule has 0 radical (unpaired) electrons. The maximum absolute atomic E-state index is 13.7. The van der Waals surface area contributed by atoms with E-state index in [4.69, 9.17) is 9.94 Å². The Morgan fingerprint density at radius 1 is 1.40 bits per heavy atom. The molecule has 1 aliphatic rings. The molecule has 0 atom stereocenters. The third-order valence-corrected chi connectivity index (χ3v) is 3.76. The maximum Gasteiger partial charge on any atom is 0.308 e. The SMILES string of the molecule is COC(=O)C1CCC(/C(=N\O)c2ncccc2F)CC1. The highest BCUT2D eigenvalue weighted by molar-refractivity contribution is 6.00. The highest BCUT2D eigenvalue weighted by Gasteiger charge is 2.31. The molecule has 0 unspecified atom stereocenters. The van der Waals surface area contributed by atoms with Gasteiger partial charge >= 0.3 is 5.97 Å². The van der Waals surface area contributed by atoms with E-state index in [0.717, 1.165) is 0 Å². The molecule has 0 saturated heterocycles. The third kappa shape index (κ3) is 2.95. The molecule has 5 nitrogen and oxygen atoms in total. The molecule has 20 heavy (non-hydrogen) atoms. The van der Waals surface area contributed by atoms with E-state index in [1.807, 2.05) is 0 Å². The van der Waals surface area contributed by atoms with Gasteiger partial charge in [-0.2, -0.15) is 0 Å². The number of nitrogens with zero attached hydrogens (tertiary/aromatic N) is 2. The summed E-state index contributed by atoms with van der Waals surface area (Å²) in [7, 11) is 1.37. The molecular weight excluding hydrogens is 263 g/mol. The van der Waals surface area contributed by atoms with E-state index < -0.39 is 5.82 Å². The fraction of sp³-hybridized carbons (Fsp3) is 0.500. The van der Waals surface area contributed by atoms with Crippen LogP contribution in [0.3, 0.4) is 0 Å². The molecule has 0 amide bonds. The smallest absolute Gasteiger partial charge is 0.308 e. The Bertz CT molecular complexity index is 511. The van der Waals surface area contributed by atoms with E-state index in [1.165, 1.54) is 25.4 Å². The predicted octanol–water partition coefficient (Wildman–Crippen LogP) is 2.38. The monoisotopic (exact) mass is 280 g/mol. The molecule has 0 spiro atoms. The van der Waals surface area contributed by atoms with Gasteiger partial charge in [0.25, 0.3) is 0 Å². The number of hydrogen-bond acceptors (Lipinski definition) is 5. The van der Waals surface area contributed by atoms with E-state index >= 15 is 0 Å². The highest BCUT2D eigenvalue weighted by atomic mass is 19.1. The largest absolute Gasteiger partial charge is 0.469 e. The number of carbonyl (C=O) groups excluding carboxylic acids is 1. The molecule has 1 saturated carbocycles. The number of hydrogen-bond donors (Lipinski definition) is 1. The number of pyridine rings is 1. The Balaban J connectivity index is 2.09. The van der Waals surface area contributed by atoms with Crippen LogP contribution in [0, 0.1) is 17.7 Å². The Labute approximate surface area is 116 Å². The highest BCUT2D eigenvalue weighted by Crippen LogP contribution is 2.32. The van der Waals surface area contributed by atoms with Crippen LogP contribution in [0.15, 0.2) is 23.5 Å². The van der Waals surface area contributed by atoms with Crippen LogP contribution in [0.2, 0.25) is 0 Å². The van der Waals surface area contributed by atoms with Gasteiger partial charge in [-0.3, -0.25) is 9.78 Å². The zero-order chi connectivity index (χ0) is 14.5. The zero-order valence-corrected chi connectivity index (χ0v) is 11.3. The van der Waals surface area contributed by atoms with Gasteiger partial charge < -0.3 is 9.94 Å².